The SMILES string of the molecule is Cc1cc(-c2nn(C)c(N)c2-c2cccc(F)c2)sc1Br. The molecule has 0 aliphatic carbocycles. The van der Waals surface area contributed by atoms with Gasteiger partial charge in [-0.15, -0.1) is 11.3 Å². The molecule has 0 bridgehead atoms. The van der Waals surface area contributed by atoms with E-state index in [0.29, 0.717) is 5.82 Å². The van der Waals surface area contributed by atoms with Crippen molar-refractivity contribution in [2.24, 2.45) is 7.05 Å². The van der Waals surface area contributed by atoms with E-state index in [0.717, 1.165) is 31.0 Å². The summed E-state index contributed by atoms with van der Waals surface area (Å²) >= 11 is 5.12. The molecule has 0 saturated heterocycles. The van der Waals surface area contributed by atoms with Crippen molar-refractivity contribution in [1.29, 1.82) is 0 Å². The van der Waals surface area contributed by atoms with E-state index >= 15 is 0 Å². The highest BCUT2D eigenvalue weighted by Gasteiger charge is 2.19. The van der Waals surface area contributed by atoms with Gasteiger partial charge >= 0.3 is 0 Å². The number of halogens is 2. The molecule has 0 fully saturated rings. The molecule has 0 atom stereocenters. The quantitative estimate of drug-likeness (QED) is 0.720. The largest absolute Gasteiger partial charge is 0.383 e. The highest BCUT2D eigenvalue weighted by molar-refractivity contribution is 9.11. The molecule has 2 heterocycles. The van der Waals surface area contributed by atoms with Crippen molar-refractivity contribution in [3.8, 4) is 21.7 Å². The Bertz CT molecular complexity index is 803. The van der Waals surface area contributed by atoms with Crippen LogP contribution >= 0.6 is 27.3 Å². The molecule has 3 nitrogen and oxygen atoms in total. The molecular formula is C15H13BrFN3S. The predicted molar refractivity (Wildman–Crippen MR) is 88.8 cm³/mol. The molecule has 3 aromatic rings. The molecule has 0 saturated carbocycles. The van der Waals surface area contributed by atoms with E-state index in [-0.39, 0.29) is 5.82 Å². The van der Waals surface area contributed by atoms with E-state index in [1.807, 2.05) is 13.0 Å². The Balaban J connectivity index is 2.25. The zero-order chi connectivity index (χ0) is 15.1. The van der Waals surface area contributed by atoms with Gasteiger partial charge in [-0.25, -0.2) is 4.39 Å². The molecule has 0 radical (unpaired) electrons. The van der Waals surface area contributed by atoms with E-state index in [1.165, 1.54) is 12.1 Å². The number of hydrogen-bond donors (Lipinski definition) is 1. The molecule has 0 aliphatic rings. The Labute approximate surface area is 134 Å². The second kappa shape index (κ2) is 5.27. The molecule has 0 amide bonds. The van der Waals surface area contributed by atoms with Crippen LogP contribution < -0.4 is 5.73 Å². The number of benzene rings is 1. The summed E-state index contributed by atoms with van der Waals surface area (Å²) < 4.78 is 16.2. The van der Waals surface area contributed by atoms with Crippen molar-refractivity contribution < 1.29 is 4.39 Å². The second-order valence-corrected chi connectivity index (χ2v) is 7.18. The van der Waals surface area contributed by atoms with E-state index in [4.69, 9.17) is 5.73 Å². The number of thiophene rings is 1. The lowest BCUT2D eigenvalue weighted by molar-refractivity contribution is 0.628. The van der Waals surface area contributed by atoms with Gasteiger partial charge in [-0.2, -0.15) is 5.10 Å². The van der Waals surface area contributed by atoms with Crippen molar-refractivity contribution in [1.82, 2.24) is 9.78 Å². The summed E-state index contributed by atoms with van der Waals surface area (Å²) in [6.45, 7) is 2.03. The van der Waals surface area contributed by atoms with Gasteiger partial charge in [0.25, 0.3) is 0 Å². The van der Waals surface area contributed by atoms with Gasteiger partial charge in [-0.1, -0.05) is 12.1 Å². The molecule has 0 spiro atoms. The second-order valence-electron chi connectivity index (χ2n) is 4.81. The summed E-state index contributed by atoms with van der Waals surface area (Å²) in [4.78, 5) is 1.01. The first-order valence-electron chi connectivity index (χ1n) is 6.32. The third-order valence-corrected chi connectivity index (χ3v) is 5.44. The fourth-order valence-electron chi connectivity index (χ4n) is 2.21. The van der Waals surface area contributed by atoms with Gasteiger partial charge in [0.05, 0.1) is 14.2 Å². The van der Waals surface area contributed by atoms with Gasteiger partial charge in [0.1, 0.15) is 17.3 Å². The zero-order valence-electron chi connectivity index (χ0n) is 11.5. The fourth-order valence-corrected chi connectivity index (χ4v) is 3.74. The number of anilines is 1. The number of aryl methyl sites for hydroxylation is 2. The maximum absolute atomic E-state index is 13.5. The Hall–Kier alpha value is -1.66. The van der Waals surface area contributed by atoms with Crippen molar-refractivity contribution in [3.05, 3.63) is 45.5 Å². The van der Waals surface area contributed by atoms with Gasteiger partial charge in [0, 0.05) is 7.05 Å². The Kier molecular flexibility index (Phi) is 3.59. The van der Waals surface area contributed by atoms with E-state index in [9.17, 15) is 4.39 Å². The number of nitrogens with two attached hydrogens (primary N) is 1. The molecule has 21 heavy (non-hydrogen) atoms. The first-order chi connectivity index (χ1) is 9.97. The molecule has 2 aromatic heterocycles. The summed E-state index contributed by atoms with van der Waals surface area (Å²) in [5.74, 6) is 0.239. The minimum atomic E-state index is -0.287. The lowest BCUT2D eigenvalue weighted by atomic mass is 10.0. The van der Waals surface area contributed by atoms with Gasteiger partial charge in [-0.05, 0) is 52.2 Å². The molecule has 108 valence electrons. The van der Waals surface area contributed by atoms with Gasteiger partial charge in [-0.3, -0.25) is 4.68 Å². The van der Waals surface area contributed by atoms with Crippen molar-refractivity contribution in [3.63, 3.8) is 0 Å². The predicted octanol–water partition coefficient (Wildman–Crippen LogP) is 4.61. The maximum atomic E-state index is 13.5. The average molecular weight is 366 g/mol. The Morgan fingerprint density at radius 1 is 1.33 bits per heavy atom. The van der Waals surface area contributed by atoms with Gasteiger partial charge in [0.2, 0.25) is 0 Å². The summed E-state index contributed by atoms with van der Waals surface area (Å²) in [5, 5.41) is 4.50. The van der Waals surface area contributed by atoms with Crippen LogP contribution in [0.15, 0.2) is 34.1 Å². The van der Waals surface area contributed by atoms with Crippen LogP contribution in [0.3, 0.4) is 0 Å². The van der Waals surface area contributed by atoms with Crippen molar-refractivity contribution >= 4 is 33.1 Å². The van der Waals surface area contributed by atoms with E-state index < -0.39 is 0 Å². The third kappa shape index (κ3) is 2.49. The molecule has 6 heteroatoms. The zero-order valence-corrected chi connectivity index (χ0v) is 13.9. The highest BCUT2D eigenvalue weighted by Crippen LogP contribution is 2.41. The van der Waals surface area contributed by atoms with Gasteiger partial charge in [0.15, 0.2) is 0 Å². The number of nitrogens with zero attached hydrogens (tertiary/aromatic N) is 2. The van der Waals surface area contributed by atoms with Crippen LogP contribution in [-0.4, -0.2) is 9.78 Å². The topological polar surface area (TPSA) is 43.8 Å². The first kappa shape index (κ1) is 14.3. The van der Waals surface area contributed by atoms with Gasteiger partial charge < -0.3 is 5.73 Å². The first-order valence-corrected chi connectivity index (χ1v) is 7.93. The average Bonchev–Trinajstić information content (AvgIpc) is 2.91. The van der Waals surface area contributed by atoms with Crippen LogP contribution in [0.4, 0.5) is 10.2 Å². The molecule has 0 unspecified atom stereocenters. The van der Waals surface area contributed by atoms with Crippen LogP contribution in [-0.2, 0) is 7.05 Å². The lowest BCUT2D eigenvalue weighted by Crippen LogP contribution is -1.98. The van der Waals surface area contributed by atoms with Crippen LogP contribution in [0.2, 0.25) is 0 Å². The van der Waals surface area contributed by atoms with Crippen molar-refractivity contribution in [2.75, 3.05) is 5.73 Å². The van der Waals surface area contributed by atoms with Crippen LogP contribution in [0.1, 0.15) is 5.56 Å². The fraction of sp³-hybridized carbons (Fsp3) is 0.133. The van der Waals surface area contributed by atoms with Crippen LogP contribution in [0, 0.1) is 12.7 Å². The number of aromatic nitrogens is 2. The monoisotopic (exact) mass is 365 g/mol. The summed E-state index contributed by atoms with van der Waals surface area (Å²) in [6.07, 6.45) is 0. The standard InChI is InChI=1S/C15H13BrFN3S/c1-8-6-11(21-14(8)16)13-12(15(18)20(2)19-13)9-4-3-5-10(17)7-9/h3-7H,18H2,1-2H3. The third-order valence-electron chi connectivity index (χ3n) is 3.30. The molecule has 3 rings (SSSR count). The smallest absolute Gasteiger partial charge is 0.129 e. The normalized spacial score (nSPS) is 11.0. The molecular weight excluding hydrogens is 353 g/mol. The number of rotatable bonds is 2. The molecule has 0 aliphatic heterocycles. The summed E-state index contributed by atoms with van der Waals surface area (Å²) in [6, 6.07) is 8.47. The maximum Gasteiger partial charge on any atom is 0.129 e. The minimum absolute atomic E-state index is 0.287. The van der Waals surface area contributed by atoms with E-state index in [2.05, 4.69) is 27.1 Å². The lowest BCUT2D eigenvalue weighted by Gasteiger charge is -2.03. The number of nitrogen functional groups attached to an aromatic ring is 1. The minimum Gasteiger partial charge on any atom is -0.383 e. The summed E-state index contributed by atoms with van der Waals surface area (Å²) in [7, 11) is 1.79. The van der Waals surface area contributed by atoms with Crippen molar-refractivity contribution in [2.45, 2.75) is 6.92 Å². The summed E-state index contributed by atoms with van der Waals surface area (Å²) in [5.41, 5.74) is 9.56. The van der Waals surface area contributed by atoms with E-state index in [1.54, 1.807) is 29.1 Å². The van der Waals surface area contributed by atoms with Crippen LogP contribution in [0.25, 0.3) is 21.7 Å². The molecule has 2 N–H and O–H groups in total. The van der Waals surface area contributed by atoms with Crippen LogP contribution in [0.5, 0.6) is 0 Å². The Morgan fingerprint density at radius 3 is 2.71 bits per heavy atom. The number of hydrogen-bond acceptors (Lipinski definition) is 3. The highest BCUT2D eigenvalue weighted by atomic mass is 79.9. The Morgan fingerprint density at radius 2 is 2.10 bits per heavy atom. The molecule has 1 aromatic carbocycles.